The molecular weight excluding hydrogens is 825 g/mol. The molecule has 316 valence electrons. The first kappa shape index (κ1) is 38.2. The third kappa shape index (κ3) is 6.40. The van der Waals surface area contributed by atoms with Crippen LogP contribution in [0.1, 0.15) is 0 Å². The molecule has 2 aromatic heterocycles. The van der Waals surface area contributed by atoms with Gasteiger partial charge in [0.2, 0.25) is 5.71 Å². The van der Waals surface area contributed by atoms with E-state index in [0.29, 0.717) is 5.71 Å². The number of nitrogens with zero attached hydrogens (tertiary/aromatic N) is 2. The molecule has 12 aromatic carbocycles. The van der Waals surface area contributed by atoms with E-state index >= 15 is 0 Å². The van der Waals surface area contributed by atoms with E-state index in [-0.39, 0.29) is 0 Å². The lowest BCUT2D eigenvalue weighted by molar-refractivity contribution is 0.654. The molecule has 68 heavy (non-hydrogen) atoms. The maximum absolute atomic E-state index is 6.17. The summed E-state index contributed by atoms with van der Waals surface area (Å²) in [6, 6.07) is 88.2. The molecule has 0 atom stereocenters. The zero-order valence-corrected chi connectivity index (χ0v) is 36.9. The van der Waals surface area contributed by atoms with E-state index in [0.717, 1.165) is 44.7 Å². The van der Waals surface area contributed by atoms with Gasteiger partial charge >= 0.3 is 0 Å². The second-order valence-corrected chi connectivity index (χ2v) is 18.0. The summed E-state index contributed by atoms with van der Waals surface area (Å²) in [5.74, 6) is 0. The molecule has 0 saturated carbocycles. The number of pyridine rings is 1. The van der Waals surface area contributed by atoms with Crippen LogP contribution < -0.4 is 4.90 Å². The molecule has 0 N–H and O–H groups in total. The van der Waals surface area contributed by atoms with E-state index in [1.165, 1.54) is 86.9 Å². The van der Waals surface area contributed by atoms with E-state index in [2.05, 4.69) is 229 Å². The van der Waals surface area contributed by atoms with Crippen LogP contribution in [0.2, 0.25) is 0 Å². The molecule has 0 aliphatic carbocycles. The fourth-order valence-electron chi connectivity index (χ4n) is 10.5. The van der Waals surface area contributed by atoms with Crippen molar-refractivity contribution in [2.75, 3.05) is 4.90 Å². The molecule has 3 heteroatoms. The van der Waals surface area contributed by atoms with E-state index < -0.39 is 0 Å². The van der Waals surface area contributed by atoms with Crippen molar-refractivity contribution in [1.82, 2.24) is 4.98 Å². The Hall–Kier alpha value is -9.05. The Bertz CT molecular complexity index is 4130. The van der Waals surface area contributed by atoms with Gasteiger partial charge in [-0.05, 0) is 166 Å². The quantitative estimate of drug-likeness (QED) is 0.156. The second-order valence-electron chi connectivity index (χ2n) is 18.0. The van der Waals surface area contributed by atoms with Crippen LogP contribution in [-0.2, 0) is 0 Å². The van der Waals surface area contributed by atoms with Gasteiger partial charge in [-0.1, -0.05) is 164 Å². The summed E-state index contributed by atoms with van der Waals surface area (Å²) < 4.78 is 6.17. The van der Waals surface area contributed by atoms with Gasteiger partial charge in [-0.3, -0.25) is 0 Å². The summed E-state index contributed by atoms with van der Waals surface area (Å²) in [5.41, 5.74) is 11.4. The van der Waals surface area contributed by atoms with Crippen LogP contribution in [0, 0.1) is 0 Å². The van der Waals surface area contributed by atoms with Crippen LogP contribution in [0.5, 0.6) is 0 Å². The average molecular weight is 865 g/mol. The van der Waals surface area contributed by atoms with Crippen LogP contribution >= 0.6 is 0 Å². The van der Waals surface area contributed by atoms with E-state index in [9.17, 15) is 0 Å². The van der Waals surface area contributed by atoms with Crippen LogP contribution in [0.3, 0.4) is 0 Å². The van der Waals surface area contributed by atoms with E-state index in [4.69, 9.17) is 9.40 Å². The predicted molar refractivity (Wildman–Crippen MR) is 288 cm³/mol. The fourth-order valence-corrected chi connectivity index (χ4v) is 10.5. The summed E-state index contributed by atoms with van der Waals surface area (Å²) in [7, 11) is 0. The smallest absolute Gasteiger partial charge is 0.227 e. The minimum Gasteiger partial charge on any atom is -0.438 e. The Balaban J connectivity index is 0.838. The Labute approximate surface area is 392 Å². The molecule has 0 amide bonds. The molecule has 0 fully saturated rings. The molecule has 3 nitrogen and oxygen atoms in total. The summed E-state index contributed by atoms with van der Waals surface area (Å²) >= 11 is 0. The van der Waals surface area contributed by atoms with E-state index in [1.54, 1.807) is 0 Å². The van der Waals surface area contributed by atoms with Crippen LogP contribution in [0.25, 0.3) is 120 Å². The monoisotopic (exact) mass is 864 g/mol. The molecule has 14 aromatic rings. The number of fused-ring (bicyclic) bond motifs is 11. The SMILES string of the molecule is c1ccc2c(c1)ccc1cc(-c3ccc4cc(N(c5ccc(-c6ccc7c(n6)oc6ccccc67)cc5)c5ccc6cc(-c7ccc8c(ccc9ccccc98)c7)ccc6c5)ccc4c3)ccc12. The molecule has 0 radical (unpaired) electrons. The summed E-state index contributed by atoms with van der Waals surface area (Å²) in [6.07, 6.45) is 0. The number of rotatable bonds is 6. The van der Waals surface area contributed by atoms with Gasteiger partial charge < -0.3 is 9.32 Å². The van der Waals surface area contributed by atoms with Crippen LogP contribution in [-0.4, -0.2) is 4.98 Å². The highest BCUT2D eigenvalue weighted by atomic mass is 16.3. The molecule has 2 heterocycles. The first-order chi connectivity index (χ1) is 33.6. The van der Waals surface area contributed by atoms with Crippen molar-refractivity contribution in [2.45, 2.75) is 0 Å². The average Bonchev–Trinajstić information content (AvgIpc) is 3.78. The molecule has 0 aliphatic rings. The lowest BCUT2D eigenvalue weighted by Gasteiger charge is -2.26. The molecule has 0 spiro atoms. The number of hydrogen-bond acceptors (Lipinski definition) is 3. The van der Waals surface area contributed by atoms with Gasteiger partial charge in [-0.2, -0.15) is 0 Å². The van der Waals surface area contributed by atoms with Crippen molar-refractivity contribution in [3.05, 3.63) is 243 Å². The van der Waals surface area contributed by atoms with Gasteiger partial charge in [0, 0.05) is 33.4 Å². The van der Waals surface area contributed by atoms with Gasteiger partial charge in [0.25, 0.3) is 0 Å². The molecule has 0 saturated heterocycles. The summed E-state index contributed by atoms with van der Waals surface area (Å²) in [6.45, 7) is 0. The van der Waals surface area contributed by atoms with Crippen LogP contribution in [0.4, 0.5) is 17.1 Å². The highest BCUT2D eigenvalue weighted by molar-refractivity contribution is 6.10. The zero-order chi connectivity index (χ0) is 44.7. The molecule has 0 bridgehead atoms. The van der Waals surface area contributed by atoms with Gasteiger partial charge in [-0.15, -0.1) is 0 Å². The molecule has 0 aliphatic heterocycles. The van der Waals surface area contributed by atoms with Crippen LogP contribution in [0.15, 0.2) is 247 Å². The molecule has 0 unspecified atom stereocenters. The first-order valence-corrected chi connectivity index (χ1v) is 23.2. The number of benzene rings is 12. The maximum Gasteiger partial charge on any atom is 0.227 e. The normalized spacial score (nSPS) is 11.8. The summed E-state index contributed by atoms with van der Waals surface area (Å²) in [5, 5.41) is 17.0. The largest absolute Gasteiger partial charge is 0.438 e. The zero-order valence-electron chi connectivity index (χ0n) is 36.9. The van der Waals surface area contributed by atoms with Crippen molar-refractivity contribution in [3.8, 4) is 33.5 Å². The first-order valence-electron chi connectivity index (χ1n) is 23.2. The van der Waals surface area contributed by atoms with Crippen molar-refractivity contribution in [3.63, 3.8) is 0 Å². The molecule has 14 rings (SSSR count). The van der Waals surface area contributed by atoms with E-state index in [1.807, 2.05) is 18.2 Å². The topological polar surface area (TPSA) is 29.3 Å². The fraction of sp³-hybridized carbons (Fsp3) is 0. The predicted octanol–water partition coefficient (Wildman–Crippen LogP) is 18.4. The summed E-state index contributed by atoms with van der Waals surface area (Å²) in [4.78, 5) is 7.34. The number of hydrogen-bond donors (Lipinski definition) is 0. The van der Waals surface area contributed by atoms with Crippen molar-refractivity contribution >= 4 is 104 Å². The number of furan rings is 1. The van der Waals surface area contributed by atoms with Crippen molar-refractivity contribution in [1.29, 1.82) is 0 Å². The number of para-hydroxylation sites is 1. The lowest BCUT2D eigenvalue weighted by Crippen LogP contribution is -2.10. The minimum atomic E-state index is 0.650. The Morgan fingerprint density at radius 2 is 0.662 bits per heavy atom. The highest BCUT2D eigenvalue weighted by Gasteiger charge is 2.17. The third-order valence-corrected chi connectivity index (χ3v) is 14.0. The van der Waals surface area contributed by atoms with Crippen molar-refractivity contribution in [2.24, 2.45) is 0 Å². The maximum atomic E-state index is 6.17. The Morgan fingerprint density at radius 3 is 1.25 bits per heavy atom. The van der Waals surface area contributed by atoms with Gasteiger partial charge in [-0.25, -0.2) is 4.98 Å². The number of anilines is 3. The number of aromatic nitrogens is 1. The van der Waals surface area contributed by atoms with Gasteiger partial charge in [0.05, 0.1) is 5.69 Å². The second kappa shape index (κ2) is 15.3. The highest BCUT2D eigenvalue weighted by Crippen LogP contribution is 2.41. The van der Waals surface area contributed by atoms with Gasteiger partial charge in [0.15, 0.2) is 0 Å². The van der Waals surface area contributed by atoms with Gasteiger partial charge in [0.1, 0.15) is 5.58 Å². The third-order valence-electron chi connectivity index (χ3n) is 14.0. The molecular formula is C65H40N2O. The van der Waals surface area contributed by atoms with Crippen molar-refractivity contribution < 1.29 is 4.42 Å². The minimum absolute atomic E-state index is 0.650. The Morgan fingerprint density at radius 1 is 0.265 bits per heavy atom. The standard InChI is InChI=1S/C65H40N2O/c1-3-9-57-41(7-1)13-19-52-37-48(25-31-59(52)57)44-15-17-50-39-55(29-23-46(50)35-44)67(54-27-21-43(22-28-54)63-34-33-62-61-11-5-6-12-64(61)68-65(62)66-63)56-30-24-47-36-45(16-18-51(47)40-56)49-26-32-60-53(38-49)20-14-42-8-2-4-10-58(42)60/h1-40H. The lowest BCUT2D eigenvalue weighted by atomic mass is 9.96. The Kier molecular flexibility index (Phi) is 8.59.